The Labute approximate surface area is 158 Å². The Morgan fingerprint density at radius 1 is 0.964 bits per heavy atom. The van der Waals surface area contributed by atoms with Crippen LogP contribution in [-0.4, -0.2) is 27.0 Å². The first-order valence-electron chi connectivity index (χ1n) is 7.85. The maximum absolute atomic E-state index is 12.6. The Balaban J connectivity index is 2.19. The Hall–Kier alpha value is -3.07. The number of benzene rings is 3. The molecule has 0 spiro atoms. The van der Waals surface area contributed by atoms with Crippen LogP contribution < -0.4 is 4.18 Å². The van der Waals surface area contributed by atoms with Crippen LogP contribution in [-0.2, 0) is 14.9 Å². The van der Waals surface area contributed by atoms with Gasteiger partial charge in [0, 0.05) is 0 Å². The van der Waals surface area contributed by atoms with E-state index in [1.165, 1.54) is 19.2 Å². The van der Waals surface area contributed by atoms with Crippen molar-refractivity contribution in [3.05, 3.63) is 66.2 Å². The highest BCUT2D eigenvalue weighted by atomic mass is 32.2. The van der Waals surface area contributed by atoms with Crippen LogP contribution in [0.2, 0.25) is 0 Å². The monoisotopic (exact) mass is 410 g/mol. The van der Waals surface area contributed by atoms with Gasteiger partial charge in [0.2, 0.25) is 0 Å². The van der Waals surface area contributed by atoms with Gasteiger partial charge in [-0.15, -0.1) is 0 Å². The van der Waals surface area contributed by atoms with E-state index in [4.69, 9.17) is 4.74 Å². The van der Waals surface area contributed by atoms with Gasteiger partial charge >= 0.3 is 21.6 Å². The molecule has 0 saturated carbocycles. The van der Waals surface area contributed by atoms with Crippen molar-refractivity contribution in [2.45, 2.75) is 5.51 Å². The highest BCUT2D eigenvalue weighted by molar-refractivity contribution is 7.88. The summed E-state index contributed by atoms with van der Waals surface area (Å²) < 4.78 is 69.1. The summed E-state index contributed by atoms with van der Waals surface area (Å²) in [6, 6.07) is 15.6. The molecule has 0 N–H and O–H groups in total. The van der Waals surface area contributed by atoms with Gasteiger partial charge in [-0.05, 0) is 46.2 Å². The molecule has 0 amide bonds. The number of carbonyl (C=O) groups excluding carboxylic acids is 1. The van der Waals surface area contributed by atoms with E-state index < -0.39 is 27.3 Å². The Bertz CT molecular complexity index is 1140. The van der Waals surface area contributed by atoms with Crippen LogP contribution in [0.5, 0.6) is 5.75 Å². The zero-order chi connectivity index (χ0) is 20.5. The second-order valence-corrected chi connectivity index (χ2v) is 7.29. The lowest BCUT2D eigenvalue weighted by Gasteiger charge is -2.13. The summed E-state index contributed by atoms with van der Waals surface area (Å²) in [5.41, 5.74) is -4.01. The zero-order valence-corrected chi connectivity index (χ0v) is 15.2. The number of carbonyl (C=O) groups is 1. The van der Waals surface area contributed by atoms with Crippen LogP contribution in [0, 0.1) is 0 Å². The maximum Gasteiger partial charge on any atom is 0.534 e. The fourth-order valence-electron chi connectivity index (χ4n) is 2.67. The molecule has 0 heterocycles. The highest BCUT2D eigenvalue weighted by Gasteiger charge is 2.48. The van der Waals surface area contributed by atoms with Crippen molar-refractivity contribution in [2.24, 2.45) is 0 Å². The fourth-order valence-corrected chi connectivity index (χ4v) is 3.12. The molecule has 0 bridgehead atoms. The third-order valence-corrected chi connectivity index (χ3v) is 4.90. The topological polar surface area (TPSA) is 69.7 Å². The molecule has 3 aromatic carbocycles. The molecule has 0 aliphatic carbocycles. The van der Waals surface area contributed by atoms with E-state index in [0.29, 0.717) is 16.3 Å². The van der Waals surface area contributed by atoms with Gasteiger partial charge < -0.3 is 8.92 Å². The molecule has 28 heavy (non-hydrogen) atoms. The summed E-state index contributed by atoms with van der Waals surface area (Å²) in [5.74, 6) is -1.17. The van der Waals surface area contributed by atoms with Crippen molar-refractivity contribution >= 4 is 26.9 Å². The quantitative estimate of drug-likeness (QED) is 0.359. The summed E-state index contributed by atoms with van der Waals surface area (Å²) >= 11 is 0. The number of esters is 1. The van der Waals surface area contributed by atoms with Gasteiger partial charge in [0.1, 0.15) is 5.75 Å². The van der Waals surface area contributed by atoms with Crippen LogP contribution in [0.25, 0.3) is 21.9 Å². The predicted molar refractivity (Wildman–Crippen MR) is 96.3 cm³/mol. The molecular weight excluding hydrogens is 397 g/mol. The van der Waals surface area contributed by atoms with Crippen LogP contribution >= 0.6 is 0 Å². The Kier molecular flexibility index (Phi) is 5.03. The molecule has 5 nitrogen and oxygen atoms in total. The molecule has 0 radical (unpaired) electrons. The number of alkyl halides is 3. The van der Waals surface area contributed by atoms with E-state index in [1.54, 1.807) is 30.3 Å². The average Bonchev–Trinajstić information content (AvgIpc) is 2.65. The van der Waals surface area contributed by atoms with Crippen LogP contribution in [0.1, 0.15) is 10.4 Å². The smallest absolute Gasteiger partial charge is 0.465 e. The van der Waals surface area contributed by atoms with Crippen molar-refractivity contribution in [3.8, 4) is 16.9 Å². The minimum Gasteiger partial charge on any atom is -0.465 e. The minimum atomic E-state index is -5.80. The zero-order valence-electron chi connectivity index (χ0n) is 14.4. The van der Waals surface area contributed by atoms with E-state index in [9.17, 15) is 26.4 Å². The summed E-state index contributed by atoms with van der Waals surface area (Å²) in [5, 5.41) is 0.909. The van der Waals surface area contributed by atoms with Crippen molar-refractivity contribution < 1.29 is 35.3 Å². The van der Waals surface area contributed by atoms with Gasteiger partial charge in [0.25, 0.3) is 0 Å². The van der Waals surface area contributed by atoms with Gasteiger partial charge in [-0.3, -0.25) is 0 Å². The second kappa shape index (κ2) is 7.16. The number of ether oxygens (including phenoxy) is 1. The standard InChI is InChI=1S/C19H13F3O5S/c1-26-18(23)14-9-13-10-15(27-28(24,25)19(20,21)22)7-8-16(13)17(11-14)12-5-3-2-4-6-12/h2-11H,1H3. The molecule has 0 fully saturated rings. The van der Waals surface area contributed by atoms with E-state index in [1.807, 2.05) is 6.07 Å². The first-order chi connectivity index (χ1) is 13.1. The van der Waals surface area contributed by atoms with Crippen LogP contribution in [0.15, 0.2) is 60.7 Å². The molecule has 0 aromatic heterocycles. The lowest BCUT2D eigenvalue weighted by Crippen LogP contribution is -2.28. The highest BCUT2D eigenvalue weighted by Crippen LogP contribution is 2.34. The second-order valence-electron chi connectivity index (χ2n) is 5.75. The molecule has 146 valence electrons. The third kappa shape index (κ3) is 3.79. The maximum atomic E-state index is 12.6. The normalized spacial score (nSPS) is 12.0. The molecule has 3 rings (SSSR count). The Morgan fingerprint density at radius 2 is 1.64 bits per heavy atom. The largest absolute Gasteiger partial charge is 0.534 e. The average molecular weight is 410 g/mol. The van der Waals surface area contributed by atoms with E-state index in [0.717, 1.165) is 17.7 Å². The van der Waals surface area contributed by atoms with Crippen molar-refractivity contribution in [1.82, 2.24) is 0 Å². The predicted octanol–water partition coefficient (Wildman–Crippen LogP) is 4.52. The van der Waals surface area contributed by atoms with Crippen LogP contribution in [0.4, 0.5) is 13.2 Å². The first-order valence-corrected chi connectivity index (χ1v) is 9.25. The summed E-state index contributed by atoms with van der Waals surface area (Å²) in [4.78, 5) is 12.0. The molecule has 0 aliphatic heterocycles. The van der Waals surface area contributed by atoms with Crippen molar-refractivity contribution in [3.63, 3.8) is 0 Å². The van der Waals surface area contributed by atoms with E-state index in [-0.39, 0.29) is 5.56 Å². The molecule has 0 unspecified atom stereocenters. The van der Waals surface area contributed by atoms with Gasteiger partial charge in [0.05, 0.1) is 12.7 Å². The van der Waals surface area contributed by atoms with Gasteiger partial charge in [0.15, 0.2) is 0 Å². The molecule has 3 aromatic rings. The summed E-state index contributed by atoms with van der Waals surface area (Å²) in [6.45, 7) is 0. The number of fused-ring (bicyclic) bond motifs is 1. The number of rotatable bonds is 4. The number of methoxy groups -OCH3 is 1. The summed E-state index contributed by atoms with van der Waals surface area (Å²) in [6.07, 6.45) is 0. The summed E-state index contributed by atoms with van der Waals surface area (Å²) in [7, 11) is -4.61. The van der Waals surface area contributed by atoms with Crippen molar-refractivity contribution in [1.29, 1.82) is 0 Å². The number of hydrogen-bond donors (Lipinski definition) is 0. The Morgan fingerprint density at radius 3 is 2.25 bits per heavy atom. The number of halogens is 3. The first kappa shape index (κ1) is 19.7. The van der Waals surface area contributed by atoms with Gasteiger partial charge in [-0.25, -0.2) is 4.79 Å². The molecule has 9 heteroatoms. The van der Waals surface area contributed by atoms with Gasteiger partial charge in [-0.1, -0.05) is 36.4 Å². The van der Waals surface area contributed by atoms with Crippen molar-refractivity contribution in [2.75, 3.05) is 7.11 Å². The molecule has 0 aliphatic rings. The van der Waals surface area contributed by atoms with Gasteiger partial charge in [-0.2, -0.15) is 21.6 Å². The van der Waals surface area contributed by atoms with E-state index in [2.05, 4.69) is 4.18 Å². The minimum absolute atomic E-state index is 0.157. The number of hydrogen-bond acceptors (Lipinski definition) is 5. The lowest BCUT2D eigenvalue weighted by molar-refractivity contribution is -0.0500. The molecular formula is C19H13F3O5S. The molecule has 0 saturated heterocycles. The molecule has 0 atom stereocenters. The lowest BCUT2D eigenvalue weighted by atomic mass is 9.95. The SMILES string of the molecule is COC(=O)c1cc(-c2ccccc2)c2ccc(OS(=O)(=O)C(F)(F)F)cc2c1. The fraction of sp³-hybridized carbons (Fsp3) is 0.105. The third-order valence-electron chi connectivity index (χ3n) is 3.92. The van der Waals surface area contributed by atoms with Crippen LogP contribution in [0.3, 0.4) is 0 Å². The van der Waals surface area contributed by atoms with E-state index >= 15 is 0 Å².